The average Bonchev–Trinajstić information content (AvgIpc) is 2.80. The fourth-order valence-electron chi connectivity index (χ4n) is 3.24. The number of pyridine rings is 1. The lowest BCUT2D eigenvalue weighted by Gasteiger charge is -2.15. The van der Waals surface area contributed by atoms with Crippen molar-refractivity contribution in [1.29, 1.82) is 5.26 Å². The lowest BCUT2D eigenvalue weighted by Crippen LogP contribution is -2.04. The summed E-state index contributed by atoms with van der Waals surface area (Å²) in [5.41, 5.74) is 6.37. The Morgan fingerprint density at radius 2 is 1.94 bits per heavy atom. The van der Waals surface area contributed by atoms with Crippen LogP contribution in [0.25, 0.3) is 0 Å². The molecule has 35 heavy (non-hydrogen) atoms. The average molecular weight is 625 g/mol. The number of aromatic nitrogens is 1. The van der Waals surface area contributed by atoms with Gasteiger partial charge in [-0.3, -0.25) is 5.43 Å². The van der Waals surface area contributed by atoms with Crippen molar-refractivity contribution in [2.24, 2.45) is 5.10 Å². The molecule has 0 amide bonds. The maximum Gasteiger partial charge on any atom is 0.175 e. The van der Waals surface area contributed by atoms with Gasteiger partial charge in [0.15, 0.2) is 17.3 Å². The van der Waals surface area contributed by atoms with E-state index in [1.165, 1.54) is 0 Å². The Morgan fingerprint density at radius 1 is 1.14 bits per heavy atom. The van der Waals surface area contributed by atoms with Gasteiger partial charge in [0.05, 0.1) is 23.0 Å². The van der Waals surface area contributed by atoms with Crippen molar-refractivity contribution >= 4 is 57.8 Å². The van der Waals surface area contributed by atoms with Crippen molar-refractivity contribution in [2.75, 3.05) is 19.1 Å². The van der Waals surface area contributed by atoms with E-state index in [9.17, 15) is 5.26 Å². The number of anilines is 1. The third-order valence-electron chi connectivity index (χ3n) is 4.74. The van der Waals surface area contributed by atoms with Crippen LogP contribution < -0.4 is 14.9 Å². The number of rotatable bonds is 10. The second kappa shape index (κ2) is 12.9. The van der Waals surface area contributed by atoms with E-state index in [1.54, 1.807) is 25.5 Å². The van der Waals surface area contributed by atoms with Crippen LogP contribution in [0.2, 0.25) is 10.0 Å². The summed E-state index contributed by atoms with van der Waals surface area (Å²) in [5, 5.41) is 15.0. The van der Waals surface area contributed by atoms with Crippen LogP contribution in [0.3, 0.4) is 0 Å². The number of aryl methyl sites for hydroxylation is 1. The number of hydrogen-bond acceptors (Lipinski definition) is 7. The molecule has 3 rings (SSSR count). The van der Waals surface area contributed by atoms with Crippen molar-refractivity contribution < 1.29 is 14.2 Å². The number of methoxy groups -OCH3 is 1. The number of benzene rings is 2. The van der Waals surface area contributed by atoms with Crippen molar-refractivity contribution in [3.63, 3.8) is 0 Å². The molecule has 0 spiro atoms. The summed E-state index contributed by atoms with van der Waals surface area (Å²) in [6.45, 7) is 4.79. The molecule has 0 bridgehead atoms. The highest BCUT2D eigenvalue weighted by Crippen LogP contribution is 2.35. The monoisotopic (exact) mass is 624 g/mol. The SMILES string of the molecule is CCOc1cc(/C=N\Nc2nc(C)cc(COC)c2C#N)cc(I)c1OCc1ccc(Cl)cc1Cl. The molecule has 0 saturated heterocycles. The molecule has 0 aliphatic carbocycles. The predicted octanol–water partition coefficient (Wildman–Crippen LogP) is 6.74. The number of nitrogens with one attached hydrogen (secondary N) is 1. The van der Waals surface area contributed by atoms with E-state index in [0.717, 1.165) is 26.0 Å². The lowest BCUT2D eigenvalue weighted by atomic mass is 10.1. The van der Waals surface area contributed by atoms with Gasteiger partial charge < -0.3 is 14.2 Å². The molecule has 0 unspecified atom stereocenters. The first-order valence-electron chi connectivity index (χ1n) is 10.6. The number of nitriles is 1. The largest absolute Gasteiger partial charge is 0.490 e. The molecule has 0 aliphatic rings. The highest BCUT2D eigenvalue weighted by Gasteiger charge is 2.14. The molecule has 1 aromatic heterocycles. The topological polar surface area (TPSA) is 88.8 Å². The van der Waals surface area contributed by atoms with E-state index in [1.807, 2.05) is 38.1 Å². The van der Waals surface area contributed by atoms with Gasteiger partial charge in [-0.15, -0.1) is 0 Å². The molecule has 1 heterocycles. The zero-order valence-corrected chi connectivity index (χ0v) is 23.0. The second-order valence-electron chi connectivity index (χ2n) is 7.35. The van der Waals surface area contributed by atoms with Gasteiger partial charge in [-0.05, 0) is 72.3 Å². The lowest BCUT2D eigenvalue weighted by molar-refractivity contribution is 0.184. The molecule has 2 aromatic carbocycles. The fourth-order valence-corrected chi connectivity index (χ4v) is 4.48. The van der Waals surface area contributed by atoms with Gasteiger partial charge >= 0.3 is 0 Å². The quantitative estimate of drug-likeness (QED) is 0.153. The molecule has 7 nitrogen and oxygen atoms in total. The van der Waals surface area contributed by atoms with Crippen LogP contribution >= 0.6 is 45.8 Å². The normalized spacial score (nSPS) is 10.9. The number of ether oxygens (including phenoxy) is 3. The van der Waals surface area contributed by atoms with E-state index in [0.29, 0.717) is 46.1 Å². The standard InChI is InChI=1S/C25H23Cl2IN4O3/c1-4-34-23-9-16(8-22(28)24(23)35-14-17-5-6-19(26)10-21(17)27)12-30-32-25-20(11-29)18(13-33-3)7-15(2)31-25/h5-10,12H,4,13-14H2,1-3H3,(H,31,32)/b30-12-. The van der Waals surface area contributed by atoms with Crippen molar-refractivity contribution in [2.45, 2.75) is 27.1 Å². The minimum atomic E-state index is 0.265. The van der Waals surface area contributed by atoms with Gasteiger partial charge in [0.25, 0.3) is 0 Å². The maximum absolute atomic E-state index is 9.58. The molecular weight excluding hydrogens is 602 g/mol. The van der Waals surface area contributed by atoms with Crippen LogP contribution in [0.5, 0.6) is 11.5 Å². The number of halogens is 3. The molecule has 0 radical (unpaired) electrons. The zero-order valence-electron chi connectivity index (χ0n) is 19.4. The second-order valence-corrected chi connectivity index (χ2v) is 9.35. The summed E-state index contributed by atoms with van der Waals surface area (Å²) in [6.07, 6.45) is 1.63. The van der Waals surface area contributed by atoms with E-state index < -0.39 is 0 Å². The van der Waals surface area contributed by atoms with Crippen LogP contribution in [0.15, 0.2) is 41.5 Å². The molecule has 10 heteroatoms. The molecule has 0 saturated carbocycles. The Hall–Kier alpha value is -2.58. The fraction of sp³-hybridized carbons (Fsp3) is 0.240. The van der Waals surface area contributed by atoms with E-state index in [-0.39, 0.29) is 6.61 Å². The summed E-state index contributed by atoms with van der Waals surface area (Å²) in [6, 6.07) is 13.0. The first kappa shape index (κ1) is 27.0. The van der Waals surface area contributed by atoms with Crippen LogP contribution in [0.1, 0.15) is 34.9 Å². The number of hydrogen-bond donors (Lipinski definition) is 1. The van der Waals surface area contributed by atoms with Crippen molar-refractivity contribution in [3.05, 3.63) is 78.0 Å². The van der Waals surface area contributed by atoms with Crippen LogP contribution in [-0.2, 0) is 18.0 Å². The third kappa shape index (κ3) is 7.21. The summed E-state index contributed by atoms with van der Waals surface area (Å²) >= 11 is 14.4. The minimum absolute atomic E-state index is 0.265. The van der Waals surface area contributed by atoms with E-state index in [2.05, 4.69) is 44.2 Å². The Labute approximate surface area is 228 Å². The summed E-state index contributed by atoms with van der Waals surface area (Å²) in [5.74, 6) is 1.56. The molecule has 3 aromatic rings. The van der Waals surface area contributed by atoms with E-state index in [4.69, 9.17) is 37.4 Å². The predicted molar refractivity (Wildman–Crippen MR) is 147 cm³/mol. The van der Waals surface area contributed by atoms with Gasteiger partial charge in [0.2, 0.25) is 0 Å². The summed E-state index contributed by atoms with van der Waals surface area (Å²) in [4.78, 5) is 4.39. The van der Waals surface area contributed by atoms with Crippen molar-refractivity contribution in [1.82, 2.24) is 4.98 Å². The zero-order chi connectivity index (χ0) is 25.4. The molecule has 0 atom stereocenters. The molecule has 0 fully saturated rings. The van der Waals surface area contributed by atoms with Crippen LogP contribution in [0, 0.1) is 21.8 Å². The van der Waals surface area contributed by atoms with E-state index >= 15 is 0 Å². The molecule has 182 valence electrons. The van der Waals surface area contributed by atoms with Crippen molar-refractivity contribution in [3.8, 4) is 17.6 Å². The van der Waals surface area contributed by atoms with Gasteiger partial charge in [0, 0.05) is 34.0 Å². The highest BCUT2D eigenvalue weighted by atomic mass is 127. The third-order valence-corrected chi connectivity index (χ3v) is 6.13. The Morgan fingerprint density at radius 3 is 2.63 bits per heavy atom. The molecular formula is C25H23Cl2IN4O3. The Kier molecular flexibility index (Phi) is 9.98. The minimum Gasteiger partial charge on any atom is -0.490 e. The Balaban J connectivity index is 1.82. The smallest absolute Gasteiger partial charge is 0.175 e. The van der Waals surface area contributed by atoms with Crippen LogP contribution in [-0.4, -0.2) is 24.9 Å². The van der Waals surface area contributed by atoms with Gasteiger partial charge in [-0.1, -0.05) is 29.3 Å². The van der Waals surface area contributed by atoms with Gasteiger partial charge in [-0.25, -0.2) is 4.98 Å². The highest BCUT2D eigenvalue weighted by molar-refractivity contribution is 14.1. The summed E-state index contributed by atoms with van der Waals surface area (Å²) in [7, 11) is 1.58. The number of nitrogens with zero attached hydrogens (tertiary/aromatic N) is 3. The maximum atomic E-state index is 9.58. The molecule has 0 aliphatic heterocycles. The first-order chi connectivity index (χ1) is 16.9. The first-order valence-corrected chi connectivity index (χ1v) is 12.4. The van der Waals surface area contributed by atoms with Crippen LogP contribution in [0.4, 0.5) is 5.82 Å². The number of hydrazone groups is 1. The van der Waals surface area contributed by atoms with Gasteiger partial charge in [0.1, 0.15) is 18.2 Å². The Bertz CT molecular complexity index is 1280. The summed E-state index contributed by atoms with van der Waals surface area (Å²) < 4.78 is 17.9. The van der Waals surface area contributed by atoms with Gasteiger partial charge in [-0.2, -0.15) is 10.4 Å². The molecule has 1 N–H and O–H groups in total.